The Morgan fingerprint density at radius 1 is 0.853 bits per heavy atom. The lowest BCUT2D eigenvalue weighted by molar-refractivity contribution is -0.139. The first-order valence-electron chi connectivity index (χ1n) is 11.7. The number of ketones is 1. The van der Waals surface area contributed by atoms with Gasteiger partial charge in [-0.1, -0.05) is 26.0 Å². The van der Waals surface area contributed by atoms with Crippen molar-refractivity contribution in [2.45, 2.75) is 46.0 Å². The minimum absolute atomic E-state index is 0.186. The van der Waals surface area contributed by atoms with E-state index in [1.165, 1.54) is 17.7 Å². The van der Waals surface area contributed by atoms with E-state index in [1.54, 1.807) is 12.1 Å². The summed E-state index contributed by atoms with van der Waals surface area (Å²) in [6, 6.07) is 9.24. The van der Waals surface area contributed by atoms with E-state index in [9.17, 15) is 19.2 Å². The quantitative estimate of drug-likeness (QED) is 0.300. The fourth-order valence-corrected chi connectivity index (χ4v) is 4.14. The Balaban J connectivity index is 1.55. The molecule has 1 heterocycles. The molecule has 2 aromatic carbocycles. The first-order valence-corrected chi connectivity index (χ1v) is 11.7. The third-order valence-electron chi connectivity index (χ3n) is 5.88. The molecule has 2 aromatic rings. The number of Topliss-reactive ketones (excluding diaryl/α,β-unsaturated/α-hetero) is 1. The van der Waals surface area contributed by atoms with Crippen molar-refractivity contribution < 1.29 is 28.7 Å². The second-order valence-corrected chi connectivity index (χ2v) is 8.40. The first-order chi connectivity index (χ1) is 16.4. The molecule has 0 saturated carbocycles. The van der Waals surface area contributed by atoms with E-state index in [0.29, 0.717) is 35.2 Å². The van der Waals surface area contributed by atoms with Crippen molar-refractivity contribution in [3.8, 4) is 11.5 Å². The molecule has 178 valence electrons. The van der Waals surface area contributed by atoms with Crippen LogP contribution in [0.1, 0.15) is 54.6 Å². The molecule has 34 heavy (non-hydrogen) atoms. The van der Waals surface area contributed by atoms with Gasteiger partial charge in [0, 0.05) is 11.6 Å². The Morgan fingerprint density at radius 3 is 2.29 bits per heavy atom. The van der Waals surface area contributed by atoms with Crippen LogP contribution >= 0.6 is 0 Å². The molecular formula is C26H28N2O6. The summed E-state index contributed by atoms with van der Waals surface area (Å²) in [5.41, 5.74) is 2.96. The zero-order valence-electron chi connectivity index (χ0n) is 19.5. The zero-order chi connectivity index (χ0) is 24.2. The Hall–Kier alpha value is -3.68. The van der Waals surface area contributed by atoms with Crippen LogP contribution in [0, 0.1) is 0 Å². The van der Waals surface area contributed by atoms with E-state index < -0.39 is 24.4 Å². The van der Waals surface area contributed by atoms with Gasteiger partial charge in [0.15, 0.2) is 17.3 Å². The number of benzene rings is 2. The lowest BCUT2D eigenvalue weighted by Gasteiger charge is -2.18. The molecule has 0 spiro atoms. The van der Waals surface area contributed by atoms with Gasteiger partial charge in [-0.2, -0.15) is 0 Å². The number of ether oxygens (including phenoxy) is 2. The number of hydrogen-bond donors (Lipinski definition) is 0. The highest BCUT2D eigenvalue weighted by Gasteiger charge is 2.46. The maximum absolute atomic E-state index is 13.0. The molecule has 0 bridgehead atoms. The molecule has 0 aromatic heterocycles. The molecule has 0 unspecified atom stereocenters. The second kappa shape index (κ2) is 10.1. The summed E-state index contributed by atoms with van der Waals surface area (Å²) in [7, 11) is 0. The number of aryl methyl sites for hydroxylation is 2. The predicted molar refractivity (Wildman–Crippen MR) is 125 cm³/mol. The highest BCUT2D eigenvalue weighted by atomic mass is 16.5. The fraction of sp³-hybridized carbons (Fsp3) is 0.385. The van der Waals surface area contributed by atoms with Gasteiger partial charge in [-0.15, -0.1) is 0 Å². The van der Waals surface area contributed by atoms with Crippen LogP contribution in [0.5, 0.6) is 11.5 Å². The number of urea groups is 1. The van der Waals surface area contributed by atoms with Crippen LogP contribution < -0.4 is 14.4 Å². The molecule has 1 saturated heterocycles. The van der Waals surface area contributed by atoms with Crippen LogP contribution in [0.4, 0.5) is 10.5 Å². The van der Waals surface area contributed by atoms with Gasteiger partial charge >= 0.3 is 17.8 Å². The van der Waals surface area contributed by atoms with Gasteiger partial charge in [0.25, 0.3) is 0 Å². The molecule has 0 N–H and O–H groups in total. The van der Waals surface area contributed by atoms with Gasteiger partial charge in [0.05, 0.1) is 25.4 Å². The topological polar surface area (TPSA) is 93.2 Å². The van der Waals surface area contributed by atoms with Crippen LogP contribution in [0.25, 0.3) is 0 Å². The van der Waals surface area contributed by atoms with Crippen molar-refractivity contribution in [2.24, 2.45) is 0 Å². The molecule has 8 nitrogen and oxygen atoms in total. The van der Waals surface area contributed by atoms with E-state index >= 15 is 0 Å². The lowest BCUT2D eigenvalue weighted by atomic mass is 10.0. The van der Waals surface area contributed by atoms with Crippen molar-refractivity contribution in [3.63, 3.8) is 0 Å². The van der Waals surface area contributed by atoms with Gasteiger partial charge in [0.1, 0.15) is 0 Å². The standard InChI is InChI=1S/C26H28N2O6/c1-3-12-33-22-11-10-20(15-23(22)34-13-4-2)28-25(31)24(30)27(26(28)32)16-21(29)19-9-8-17-6-5-7-18(17)14-19/h8-11,14-15H,3-7,12-13,16H2,1-2H3. The van der Waals surface area contributed by atoms with Crippen LogP contribution in [0.3, 0.4) is 0 Å². The molecule has 2 aliphatic rings. The van der Waals surface area contributed by atoms with E-state index in [0.717, 1.165) is 42.6 Å². The van der Waals surface area contributed by atoms with Crippen molar-refractivity contribution in [1.29, 1.82) is 0 Å². The summed E-state index contributed by atoms with van der Waals surface area (Å²) in [4.78, 5) is 52.7. The average molecular weight is 465 g/mol. The molecule has 0 atom stereocenters. The summed E-state index contributed by atoms with van der Waals surface area (Å²) < 4.78 is 11.4. The number of rotatable bonds is 10. The smallest absolute Gasteiger partial charge is 0.339 e. The minimum atomic E-state index is -1.03. The van der Waals surface area contributed by atoms with Gasteiger partial charge in [-0.05, 0) is 61.4 Å². The Kier molecular flexibility index (Phi) is 6.95. The number of anilines is 1. The maximum atomic E-state index is 13.0. The van der Waals surface area contributed by atoms with Crippen molar-refractivity contribution in [2.75, 3.05) is 24.7 Å². The highest BCUT2D eigenvalue weighted by Crippen LogP contribution is 2.34. The average Bonchev–Trinajstić information content (AvgIpc) is 3.39. The molecule has 4 amide bonds. The minimum Gasteiger partial charge on any atom is -0.490 e. The second-order valence-electron chi connectivity index (χ2n) is 8.40. The van der Waals surface area contributed by atoms with Crippen LogP contribution in [-0.4, -0.2) is 48.3 Å². The molecule has 4 rings (SSSR count). The van der Waals surface area contributed by atoms with Crippen molar-refractivity contribution in [3.05, 3.63) is 53.1 Å². The Morgan fingerprint density at radius 2 is 1.56 bits per heavy atom. The van der Waals surface area contributed by atoms with E-state index in [4.69, 9.17) is 9.47 Å². The van der Waals surface area contributed by atoms with Crippen molar-refractivity contribution >= 4 is 29.3 Å². The normalized spacial score (nSPS) is 15.2. The SMILES string of the molecule is CCCOc1ccc(N2C(=O)C(=O)N(CC(=O)c3ccc4c(c3)CCC4)C2=O)cc1OCCC. The summed E-state index contributed by atoms with van der Waals surface area (Å²) in [5.74, 6) is -1.54. The zero-order valence-corrected chi connectivity index (χ0v) is 19.5. The number of carbonyl (C=O) groups is 4. The van der Waals surface area contributed by atoms with E-state index in [-0.39, 0.29) is 11.5 Å². The van der Waals surface area contributed by atoms with Gasteiger partial charge < -0.3 is 9.47 Å². The molecule has 0 radical (unpaired) electrons. The predicted octanol–water partition coefficient (Wildman–Crippen LogP) is 3.93. The third-order valence-corrected chi connectivity index (χ3v) is 5.88. The first kappa shape index (κ1) is 23.5. The number of carbonyl (C=O) groups excluding carboxylic acids is 4. The molecule has 1 aliphatic carbocycles. The summed E-state index contributed by atoms with van der Waals surface area (Å²) in [6.45, 7) is 4.36. The highest BCUT2D eigenvalue weighted by molar-refractivity contribution is 6.53. The number of hydrogen-bond acceptors (Lipinski definition) is 6. The van der Waals surface area contributed by atoms with E-state index in [1.807, 2.05) is 26.0 Å². The monoisotopic (exact) mass is 464 g/mol. The summed E-state index contributed by atoms with van der Waals surface area (Å²) >= 11 is 0. The number of fused-ring (bicyclic) bond motifs is 1. The maximum Gasteiger partial charge on any atom is 0.339 e. The number of amides is 4. The Labute approximate surface area is 198 Å². The molecule has 8 heteroatoms. The molecule has 1 aliphatic heterocycles. The third kappa shape index (κ3) is 4.53. The van der Waals surface area contributed by atoms with Crippen LogP contribution in [0.15, 0.2) is 36.4 Å². The van der Waals surface area contributed by atoms with Crippen LogP contribution in [0.2, 0.25) is 0 Å². The van der Waals surface area contributed by atoms with Gasteiger partial charge in [-0.3, -0.25) is 14.4 Å². The summed E-state index contributed by atoms with van der Waals surface area (Å²) in [5, 5.41) is 0. The largest absolute Gasteiger partial charge is 0.490 e. The lowest BCUT2D eigenvalue weighted by Crippen LogP contribution is -2.37. The molecule has 1 fully saturated rings. The molecular weight excluding hydrogens is 436 g/mol. The van der Waals surface area contributed by atoms with Crippen molar-refractivity contribution in [1.82, 2.24) is 4.90 Å². The van der Waals surface area contributed by atoms with Gasteiger partial charge in [-0.25, -0.2) is 14.6 Å². The fourth-order valence-electron chi connectivity index (χ4n) is 4.14. The Bertz CT molecular complexity index is 1140. The van der Waals surface area contributed by atoms with E-state index in [2.05, 4.69) is 0 Å². The summed E-state index contributed by atoms with van der Waals surface area (Å²) in [6.07, 6.45) is 4.51. The number of imide groups is 2. The number of nitrogens with zero attached hydrogens (tertiary/aromatic N) is 2. The van der Waals surface area contributed by atoms with Crippen LogP contribution in [-0.2, 0) is 22.4 Å². The van der Waals surface area contributed by atoms with Gasteiger partial charge in [0.2, 0.25) is 0 Å².